The third-order valence-corrected chi connectivity index (χ3v) is 5.31. The summed E-state index contributed by atoms with van der Waals surface area (Å²) in [5.41, 5.74) is 4.41. The van der Waals surface area contributed by atoms with Crippen LogP contribution < -0.4 is 30.3 Å². The standard InChI is InChI=1S/C26H29N5O7/c1-4-36-21-13-17(24-23(25(33)35-3)16(2)29-26(34)30-24)9-10-20(21)38-15-22(32)31-28-14-18-7-5-6-8-19(18)37-12-11-27/h5-10,13-14,22,24,31-32H,4,12,15H2,1-3H3,(H2,29,30,34)/b28-14-/t22-,24+/m1/s1. The van der Waals surface area contributed by atoms with E-state index >= 15 is 0 Å². The van der Waals surface area contributed by atoms with Crippen molar-refractivity contribution >= 4 is 18.2 Å². The van der Waals surface area contributed by atoms with E-state index in [1.165, 1.54) is 13.3 Å². The van der Waals surface area contributed by atoms with Gasteiger partial charge in [0.25, 0.3) is 0 Å². The number of hydrazone groups is 1. The molecule has 2 amide bonds. The van der Waals surface area contributed by atoms with Gasteiger partial charge in [0.2, 0.25) is 0 Å². The molecule has 38 heavy (non-hydrogen) atoms. The number of nitriles is 1. The van der Waals surface area contributed by atoms with Gasteiger partial charge in [0.15, 0.2) is 24.3 Å². The number of nitrogens with zero attached hydrogens (tertiary/aromatic N) is 2. The van der Waals surface area contributed by atoms with E-state index in [1.807, 2.05) is 6.07 Å². The van der Waals surface area contributed by atoms with Crippen molar-refractivity contribution in [1.29, 1.82) is 5.26 Å². The molecule has 0 saturated heterocycles. The first kappa shape index (κ1) is 27.8. The molecule has 1 heterocycles. The fourth-order valence-electron chi connectivity index (χ4n) is 3.64. The van der Waals surface area contributed by atoms with Gasteiger partial charge in [-0.05, 0) is 43.7 Å². The highest BCUT2D eigenvalue weighted by Crippen LogP contribution is 2.34. The SMILES string of the molecule is CCOc1cc([C@@H]2NC(=O)NC(C)=C2C(=O)OC)ccc1OC[C@@H](O)N/N=C\c1ccccc1OCC#N. The Morgan fingerprint density at radius 2 is 2.00 bits per heavy atom. The van der Waals surface area contributed by atoms with Crippen LogP contribution in [0.1, 0.15) is 31.0 Å². The van der Waals surface area contributed by atoms with Crippen LogP contribution in [0, 0.1) is 11.3 Å². The van der Waals surface area contributed by atoms with E-state index in [1.54, 1.807) is 56.3 Å². The summed E-state index contributed by atoms with van der Waals surface area (Å²) in [6, 6.07) is 12.7. The maximum absolute atomic E-state index is 12.4. The van der Waals surface area contributed by atoms with Gasteiger partial charge in [-0.15, -0.1) is 0 Å². The third kappa shape index (κ3) is 7.14. The number of hydrogen-bond donors (Lipinski definition) is 4. The molecule has 0 saturated carbocycles. The van der Waals surface area contributed by atoms with Crippen LogP contribution in [0.15, 0.2) is 58.8 Å². The number of para-hydroxylation sites is 1. The lowest BCUT2D eigenvalue weighted by Gasteiger charge is -2.28. The number of urea groups is 1. The Labute approximate surface area is 219 Å². The van der Waals surface area contributed by atoms with Gasteiger partial charge in [0.05, 0.1) is 31.5 Å². The van der Waals surface area contributed by atoms with Crippen LogP contribution in [0.4, 0.5) is 4.79 Å². The predicted molar refractivity (Wildman–Crippen MR) is 137 cm³/mol. The van der Waals surface area contributed by atoms with E-state index < -0.39 is 24.3 Å². The average molecular weight is 524 g/mol. The summed E-state index contributed by atoms with van der Waals surface area (Å²) in [7, 11) is 1.27. The van der Waals surface area contributed by atoms with Gasteiger partial charge in [-0.1, -0.05) is 18.2 Å². The Bertz CT molecular complexity index is 1250. The highest BCUT2D eigenvalue weighted by atomic mass is 16.5. The van der Waals surface area contributed by atoms with E-state index in [9.17, 15) is 14.7 Å². The Hall–Kier alpha value is -4.76. The molecule has 4 N–H and O–H groups in total. The summed E-state index contributed by atoms with van der Waals surface area (Å²) >= 11 is 0. The molecular formula is C26H29N5O7. The zero-order chi connectivity index (χ0) is 27.5. The first-order chi connectivity index (χ1) is 18.4. The van der Waals surface area contributed by atoms with Crippen LogP contribution >= 0.6 is 0 Å². The lowest BCUT2D eigenvalue weighted by atomic mass is 9.95. The second-order valence-electron chi connectivity index (χ2n) is 7.90. The van der Waals surface area contributed by atoms with E-state index in [2.05, 4.69) is 21.2 Å². The molecule has 0 aliphatic carbocycles. The fourth-order valence-corrected chi connectivity index (χ4v) is 3.64. The minimum atomic E-state index is -1.16. The average Bonchev–Trinajstić information content (AvgIpc) is 2.91. The summed E-state index contributed by atoms with van der Waals surface area (Å²) in [6.45, 7) is 3.48. The van der Waals surface area contributed by atoms with Crippen LogP contribution in [0.25, 0.3) is 0 Å². The summed E-state index contributed by atoms with van der Waals surface area (Å²) in [6.07, 6.45) is 0.297. The zero-order valence-corrected chi connectivity index (χ0v) is 21.2. The lowest BCUT2D eigenvalue weighted by Crippen LogP contribution is -2.45. The number of allylic oxidation sites excluding steroid dienone is 1. The minimum Gasteiger partial charge on any atom is -0.490 e. The van der Waals surface area contributed by atoms with E-state index in [0.29, 0.717) is 40.7 Å². The summed E-state index contributed by atoms with van der Waals surface area (Å²) in [5.74, 6) is 0.611. The molecule has 0 unspecified atom stereocenters. The molecule has 1 aliphatic heterocycles. The lowest BCUT2D eigenvalue weighted by molar-refractivity contribution is -0.136. The van der Waals surface area contributed by atoms with E-state index in [-0.39, 0.29) is 18.8 Å². The molecule has 2 atom stereocenters. The quantitative estimate of drug-likeness (QED) is 0.141. The molecule has 3 rings (SSSR count). The molecule has 12 heteroatoms. The normalized spacial score (nSPS) is 15.7. The Morgan fingerprint density at radius 1 is 1.21 bits per heavy atom. The van der Waals surface area contributed by atoms with Crippen molar-refractivity contribution in [2.45, 2.75) is 26.1 Å². The van der Waals surface area contributed by atoms with Crippen LogP contribution in [-0.2, 0) is 9.53 Å². The number of nitrogens with one attached hydrogen (secondary N) is 3. The Kier molecular flexibility index (Phi) is 9.90. The molecular weight excluding hydrogens is 494 g/mol. The molecule has 0 bridgehead atoms. The van der Waals surface area contributed by atoms with Crippen LogP contribution in [0.2, 0.25) is 0 Å². The highest BCUT2D eigenvalue weighted by molar-refractivity contribution is 5.95. The van der Waals surface area contributed by atoms with Crippen molar-refractivity contribution < 1.29 is 33.6 Å². The molecule has 0 fully saturated rings. The largest absolute Gasteiger partial charge is 0.490 e. The predicted octanol–water partition coefficient (Wildman–Crippen LogP) is 2.11. The van der Waals surface area contributed by atoms with Gasteiger partial charge in [-0.3, -0.25) is 5.43 Å². The van der Waals surface area contributed by atoms with Gasteiger partial charge in [0.1, 0.15) is 18.4 Å². The molecule has 2 aromatic rings. The highest BCUT2D eigenvalue weighted by Gasteiger charge is 2.32. The number of hydrogen-bond acceptors (Lipinski definition) is 10. The minimum absolute atomic E-state index is 0.0976. The van der Waals surface area contributed by atoms with Crippen molar-refractivity contribution in [2.75, 3.05) is 26.9 Å². The Balaban J connectivity index is 1.69. The molecule has 0 spiro atoms. The van der Waals surface area contributed by atoms with Crippen LogP contribution in [0.5, 0.6) is 17.2 Å². The van der Waals surface area contributed by atoms with Gasteiger partial charge in [-0.25, -0.2) is 9.59 Å². The number of carbonyl (C=O) groups is 2. The van der Waals surface area contributed by atoms with Gasteiger partial charge in [0, 0.05) is 11.3 Å². The number of amides is 2. The molecule has 0 radical (unpaired) electrons. The van der Waals surface area contributed by atoms with Crippen LogP contribution in [0.3, 0.4) is 0 Å². The van der Waals surface area contributed by atoms with Crippen molar-refractivity contribution in [3.63, 3.8) is 0 Å². The first-order valence-electron chi connectivity index (χ1n) is 11.7. The number of esters is 1. The summed E-state index contributed by atoms with van der Waals surface area (Å²) in [5, 5.41) is 28.3. The zero-order valence-electron chi connectivity index (χ0n) is 21.2. The maximum atomic E-state index is 12.4. The number of aliphatic hydroxyl groups excluding tert-OH is 1. The van der Waals surface area contributed by atoms with Crippen molar-refractivity contribution in [3.05, 3.63) is 64.9 Å². The van der Waals surface area contributed by atoms with Crippen LogP contribution in [-0.4, -0.2) is 56.5 Å². The van der Waals surface area contributed by atoms with Crippen molar-refractivity contribution in [2.24, 2.45) is 5.10 Å². The summed E-state index contributed by atoms with van der Waals surface area (Å²) in [4.78, 5) is 24.5. The Morgan fingerprint density at radius 3 is 2.74 bits per heavy atom. The van der Waals surface area contributed by atoms with E-state index in [0.717, 1.165) is 0 Å². The topological polar surface area (TPSA) is 164 Å². The second kappa shape index (κ2) is 13.5. The molecule has 12 nitrogen and oxygen atoms in total. The van der Waals surface area contributed by atoms with Crippen molar-refractivity contribution in [1.82, 2.24) is 16.1 Å². The first-order valence-corrected chi connectivity index (χ1v) is 11.7. The number of ether oxygens (including phenoxy) is 4. The molecule has 2 aromatic carbocycles. The number of rotatable bonds is 12. The smallest absolute Gasteiger partial charge is 0.337 e. The van der Waals surface area contributed by atoms with E-state index in [4.69, 9.17) is 24.2 Å². The number of benzene rings is 2. The number of aliphatic hydroxyl groups is 1. The van der Waals surface area contributed by atoms with Gasteiger partial charge < -0.3 is 34.7 Å². The maximum Gasteiger partial charge on any atom is 0.337 e. The molecule has 0 aromatic heterocycles. The third-order valence-electron chi connectivity index (χ3n) is 5.31. The number of methoxy groups -OCH3 is 1. The second-order valence-corrected chi connectivity index (χ2v) is 7.90. The van der Waals surface area contributed by atoms with Gasteiger partial charge in [-0.2, -0.15) is 10.4 Å². The fraction of sp³-hybridized carbons (Fsp3) is 0.308. The number of carbonyl (C=O) groups excluding carboxylic acids is 2. The molecule has 200 valence electrons. The molecule has 1 aliphatic rings. The van der Waals surface area contributed by atoms with Gasteiger partial charge >= 0.3 is 12.0 Å². The van der Waals surface area contributed by atoms with Crippen molar-refractivity contribution in [3.8, 4) is 23.3 Å². The monoisotopic (exact) mass is 523 g/mol. The summed E-state index contributed by atoms with van der Waals surface area (Å²) < 4.78 is 21.7.